The monoisotopic (exact) mass is 198 g/mol. The molecule has 2 aliphatic rings. The maximum atomic E-state index is 6.03. The first-order chi connectivity index (χ1) is 6.60. The first-order valence-electron chi connectivity index (χ1n) is 5.95. The standard InChI is InChI=1S/C12H22O2/c1-9-7-11(3)14-12(8-9)6-4-5-10(2)13-12/h9-11H,4-8H2,1-3H3/t9-,10-,11+,12+/m0/s1. The molecule has 0 aromatic rings. The summed E-state index contributed by atoms with van der Waals surface area (Å²) in [7, 11) is 0. The van der Waals surface area contributed by atoms with Gasteiger partial charge in [0.1, 0.15) is 0 Å². The van der Waals surface area contributed by atoms with Gasteiger partial charge in [0.25, 0.3) is 0 Å². The van der Waals surface area contributed by atoms with Gasteiger partial charge in [0.15, 0.2) is 5.79 Å². The van der Waals surface area contributed by atoms with Gasteiger partial charge in [-0.3, -0.25) is 0 Å². The summed E-state index contributed by atoms with van der Waals surface area (Å²) in [4.78, 5) is 0. The Hall–Kier alpha value is -0.0800. The molecule has 0 N–H and O–H groups in total. The van der Waals surface area contributed by atoms with Crippen LogP contribution in [0.25, 0.3) is 0 Å². The van der Waals surface area contributed by atoms with Gasteiger partial charge >= 0.3 is 0 Å². The van der Waals surface area contributed by atoms with Crippen LogP contribution in [-0.4, -0.2) is 18.0 Å². The summed E-state index contributed by atoms with van der Waals surface area (Å²) in [5.74, 6) is 0.512. The van der Waals surface area contributed by atoms with Crippen molar-refractivity contribution in [3.05, 3.63) is 0 Å². The molecule has 0 aromatic heterocycles. The highest BCUT2D eigenvalue weighted by Gasteiger charge is 2.42. The van der Waals surface area contributed by atoms with Crippen molar-refractivity contribution in [1.82, 2.24) is 0 Å². The van der Waals surface area contributed by atoms with E-state index in [0.717, 1.165) is 18.8 Å². The van der Waals surface area contributed by atoms with Gasteiger partial charge in [0, 0.05) is 12.8 Å². The minimum atomic E-state index is -0.227. The molecule has 2 heterocycles. The van der Waals surface area contributed by atoms with Gasteiger partial charge in [-0.1, -0.05) is 6.92 Å². The molecule has 2 saturated heterocycles. The summed E-state index contributed by atoms with van der Waals surface area (Å²) in [6, 6.07) is 0. The van der Waals surface area contributed by atoms with Crippen molar-refractivity contribution in [2.45, 2.75) is 70.9 Å². The highest BCUT2D eigenvalue weighted by atomic mass is 16.7. The van der Waals surface area contributed by atoms with E-state index in [9.17, 15) is 0 Å². The SMILES string of the molecule is C[C@H]1C[C@@H](C)O[C@]2(CCC[C@H](C)O2)C1. The van der Waals surface area contributed by atoms with E-state index in [1.807, 2.05) is 0 Å². The molecular formula is C12H22O2. The molecule has 2 nitrogen and oxygen atoms in total. The molecule has 0 aliphatic carbocycles. The van der Waals surface area contributed by atoms with Crippen LogP contribution in [0.1, 0.15) is 52.9 Å². The Labute approximate surface area is 87.0 Å². The van der Waals surface area contributed by atoms with Crippen LogP contribution in [0.3, 0.4) is 0 Å². The summed E-state index contributed by atoms with van der Waals surface area (Å²) in [5, 5.41) is 0. The summed E-state index contributed by atoms with van der Waals surface area (Å²) in [6.45, 7) is 6.64. The maximum Gasteiger partial charge on any atom is 0.169 e. The second-order valence-corrected chi connectivity index (χ2v) is 5.20. The smallest absolute Gasteiger partial charge is 0.169 e. The lowest BCUT2D eigenvalue weighted by atomic mass is 9.87. The third-order valence-electron chi connectivity index (χ3n) is 3.39. The number of hydrogen-bond donors (Lipinski definition) is 0. The molecule has 0 radical (unpaired) electrons. The van der Waals surface area contributed by atoms with Gasteiger partial charge in [-0.2, -0.15) is 0 Å². The van der Waals surface area contributed by atoms with Gasteiger partial charge in [0.05, 0.1) is 12.2 Å². The molecule has 2 rings (SSSR count). The topological polar surface area (TPSA) is 18.5 Å². The third kappa shape index (κ3) is 2.12. The van der Waals surface area contributed by atoms with E-state index in [1.165, 1.54) is 19.3 Å². The quantitative estimate of drug-likeness (QED) is 0.595. The minimum absolute atomic E-state index is 0.227. The predicted molar refractivity (Wildman–Crippen MR) is 56.1 cm³/mol. The fraction of sp³-hybridized carbons (Fsp3) is 1.00. The van der Waals surface area contributed by atoms with Crippen molar-refractivity contribution in [3.8, 4) is 0 Å². The molecular weight excluding hydrogens is 176 g/mol. The van der Waals surface area contributed by atoms with E-state index in [0.29, 0.717) is 12.2 Å². The Bertz CT molecular complexity index is 187. The average molecular weight is 198 g/mol. The average Bonchev–Trinajstić information content (AvgIpc) is 1.99. The zero-order valence-electron chi connectivity index (χ0n) is 9.58. The maximum absolute atomic E-state index is 6.03. The third-order valence-corrected chi connectivity index (χ3v) is 3.39. The predicted octanol–water partition coefficient (Wildman–Crippen LogP) is 3.11. The van der Waals surface area contributed by atoms with Crippen molar-refractivity contribution in [2.24, 2.45) is 5.92 Å². The number of ether oxygens (including phenoxy) is 2. The Balaban J connectivity index is 2.05. The van der Waals surface area contributed by atoms with Crippen LogP contribution in [0.4, 0.5) is 0 Å². The van der Waals surface area contributed by atoms with Crippen LogP contribution < -0.4 is 0 Å². The number of rotatable bonds is 0. The largest absolute Gasteiger partial charge is 0.347 e. The lowest BCUT2D eigenvalue weighted by Gasteiger charge is -2.46. The molecule has 0 amide bonds. The number of hydrogen-bond acceptors (Lipinski definition) is 2. The Kier molecular flexibility index (Phi) is 2.85. The van der Waals surface area contributed by atoms with Crippen molar-refractivity contribution in [2.75, 3.05) is 0 Å². The molecule has 2 heteroatoms. The van der Waals surface area contributed by atoms with E-state index in [2.05, 4.69) is 20.8 Å². The molecule has 0 aromatic carbocycles. The first-order valence-corrected chi connectivity index (χ1v) is 5.95. The Morgan fingerprint density at radius 2 is 1.79 bits per heavy atom. The molecule has 2 aliphatic heterocycles. The fourth-order valence-corrected chi connectivity index (χ4v) is 3.02. The summed E-state index contributed by atoms with van der Waals surface area (Å²) in [6.07, 6.45) is 6.53. The summed E-state index contributed by atoms with van der Waals surface area (Å²) >= 11 is 0. The van der Waals surface area contributed by atoms with Crippen LogP contribution in [0, 0.1) is 5.92 Å². The molecule has 2 fully saturated rings. The van der Waals surface area contributed by atoms with Crippen molar-refractivity contribution in [1.29, 1.82) is 0 Å². The van der Waals surface area contributed by atoms with Gasteiger partial charge < -0.3 is 9.47 Å². The van der Waals surface area contributed by atoms with E-state index in [1.54, 1.807) is 0 Å². The Morgan fingerprint density at radius 3 is 2.43 bits per heavy atom. The molecule has 14 heavy (non-hydrogen) atoms. The first kappa shape index (κ1) is 10.4. The van der Waals surface area contributed by atoms with Crippen molar-refractivity contribution >= 4 is 0 Å². The van der Waals surface area contributed by atoms with Crippen LogP contribution >= 0.6 is 0 Å². The second kappa shape index (κ2) is 3.82. The molecule has 1 spiro atoms. The van der Waals surface area contributed by atoms with Crippen LogP contribution in [-0.2, 0) is 9.47 Å². The normalized spacial score (nSPS) is 49.5. The fourth-order valence-electron chi connectivity index (χ4n) is 3.02. The van der Waals surface area contributed by atoms with Gasteiger partial charge in [-0.15, -0.1) is 0 Å². The van der Waals surface area contributed by atoms with Crippen LogP contribution in [0.5, 0.6) is 0 Å². The van der Waals surface area contributed by atoms with Crippen LogP contribution in [0.15, 0.2) is 0 Å². The minimum Gasteiger partial charge on any atom is -0.347 e. The molecule has 0 bridgehead atoms. The zero-order chi connectivity index (χ0) is 10.2. The van der Waals surface area contributed by atoms with Gasteiger partial charge in [-0.05, 0) is 39.0 Å². The van der Waals surface area contributed by atoms with Gasteiger partial charge in [0.2, 0.25) is 0 Å². The highest BCUT2D eigenvalue weighted by molar-refractivity contribution is 4.84. The molecule has 4 atom stereocenters. The summed E-state index contributed by atoms with van der Waals surface area (Å²) < 4.78 is 12.1. The molecule has 0 saturated carbocycles. The van der Waals surface area contributed by atoms with Crippen molar-refractivity contribution in [3.63, 3.8) is 0 Å². The molecule has 82 valence electrons. The van der Waals surface area contributed by atoms with E-state index < -0.39 is 0 Å². The van der Waals surface area contributed by atoms with E-state index >= 15 is 0 Å². The van der Waals surface area contributed by atoms with E-state index in [4.69, 9.17) is 9.47 Å². The van der Waals surface area contributed by atoms with Crippen molar-refractivity contribution < 1.29 is 9.47 Å². The lowest BCUT2D eigenvalue weighted by Crippen LogP contribution is -2.48. The zero-order valence-corrected chi connectivity index (χ0v) is 9.58. The lowest BCUT2D eigenvalue weighted by molar-refractivity contribution is -0.316. The van der Waals surface area contributed by atoms with Gasteiger partial charge in [-0.25, -0.2) is 0 Å². The molecule has 0 unspecified atom stereocenters. The second-order valence-electron chi connectivity index (χ2n) is 5.20. The van der Waals surface area contributed by atoms with Crippen LogP contribution in [0.2, 0.25) is 0 Å². The van der Waals surface area contributed by atoms with E-state index in [-0.39, 0.29) is 5.79 Å². The highest BCUT2D eigenvalue weighted by Crippen LogP contribution is 2.40. The Morgan fingerprint density at radius 1 is 1.07 bits per heavy atom. The summed E-state index contributed by atoms with van der Waals surface area (Å²) in [5.41, 5.74) is 0.